The van der Waals surface area contributed by atoms with Crippen LogP contribution in [0.4, 0.5) is 5.69 Å². The molecule has 0 fully saturated rings. The fourth-order valence-electron chi connectivity index (χ4n) is 1.41. The van der Waals surface area contributed by atoms with Crippen LogP contribution in [0.3, 0.4) is 0 Å². The van der Waals surface area contributed by atoms with E-state index in [1.807, 2.05) is 0 Å². The van der Waals surface area contributed by atoms with Crippen molar-refractivity contribution in [2.75, 3.05) is 13.2 Å². The minimum Gasteiger partial charge on any atom is -0.394 e. The van der Waals surface area contributed by atoms with Gasteiger partial charge >= 0.3 is 0 Å². The molecule has 0 aliphatic heterocycles. The summed E-state index contributed by atoms with van der Waals surface area (Å²) >= 11 is 0. The van der Waals surface area contributed by atoms with Crippen molar-refractivity contribution in [1.29, 1.82) is 0 Å². The Morgan fingerprint density at radius 1 is 1.53 bits per heavy atom. The first-order valence-electron chi connectivity index (χ1n) is 5.28. The van der Waals surface area contributed by atoms with Gasteiger partial charge in [0.05, 0.1) is 17.6 Å². The molecule has 0 aromatic heterocycles. The molecule has 0 saturated carbocycles. The molecule has 0 aliphatic rings. The Kier molecular flexibility index (Phi) is 5.02. The quantitative estimate of drug-likeness (QED) is 0.492. The second-order valence-corrected chi connectivity index (χ2v) is 3.85. The molecule has 3 N–H and O–H groups in total. The number of nitro groups is 1. The van der Waals surface area contributed by atoms with Gasteiger partial charge in [-0.25, -0.2) is 0 Å². The lowest BCUT2D eigenvalue weighted by Crippen LogP contribution is -2.28. The van der Waals surface area contributed by atoms with E-state index < -0.39 is 11.0 Å². The number of nitrogens with one attached hydrogen (secondary N) is 1. The van der Waals surface area contributed by atoms with E-state index in [0.29, 0.717) is 12.1 Å². The van der Waals surface area contributed by atoms with E-state index in [4.69, 9.17) is 10.2 Å². The number of benzene rings is 1. The van der Waals surface area contributed by atoms with E-state index in [1.54, 1.807) is 19.1 Å². The highest BCUT2D eigenvalue weighted by atomic mass is 16.6. The first-order chi connectivity index (χ1) is 8.04. The molecule has 0 amide bonds. The summed E-state index contributed by atoms with van der Waals surface area (Å²) in [5.74, 6) is 0. The van der Waals surface area contributed by atoms with Crippen molar-refractivity contribution in [3.63, 3.8) is 0 Å². The van der Waals surface area contributed by atoms with Crippen molar-refractivity contribution in [2.45, 2.75) is 19.6 Å². The molecule has 0 heterocycles. The molecule has 94 valence electrons. The van der Waals surface area contributed by atoms with Gasteiger partial charge in [0.15, 0.2) is 0 Å². The standard InChI is InChI=1S/C11H16N2O4/c1-8-2-3-9(4-11(8)13(16)17)5-12-6-10(15)7-14/h2-4,10,12,14-15H,5-7H2,1H3/t10-/m1/s1. The predicted molar refractivity (Wildman–Crippen MR) is 62.6 cm³/mol. The Balaban J connectivity index is 2.60. The van der Waals surface area contributed by atoms with Crippen molar-refractivity contribution in [2.24, 2.45) is 0 Å². The molecular weight excluding hydrogens is 224 g/mol. The van der Waals surface area contributed by atoms with E-state index in [0.717, 1.165) is 5.56 Å². The Morgan fingerprint density at radius 3 is 2.82 bits per heavy atom. The van der Waals surface area contributed by atoms with Gasteiger partial charge in [0.25, 0.3) is 5.69 Å². The molecule has 1 aromatic rings. The van der Waals surface area contributed by atoms with Crippen LogP contribution in [0.25, 0.3) is 0 Å². The highest BCUT2D eigenvalue weighted by Crippen LogP contribution is 2.18. The zero-order chi connectivity index (χ0) is 12.8. The molecular formula is C11H16N2O4. The van der Waals surface area contributed by atoms with Gasteiger partial charge in [-0.2, -0.15) is 0 Å². The van der Waals surface area contributed by atoms with Crippen LogP contribution in [0.5, 0.6) is 0 Å². The van der Waals surface area contributed by atoms with Gasteiger partial charge < -0.3 is 15.5 Å². The lowest BCUT2D eigenvalue weighted by molar-refractivity contribution is -0.385. The fraction of sp³-hybridized carbons (Fsp3) is 0.455. The summed E-state index contributed by atoms with van der Waals surface area (Å²) in [7, 11) is 0. The first-order valence-corrected chi connectivity index (χ1v) is 5.28. The average molecular weight is 240 g/mol. The molecule has 0 radical (unpaired) electrons. The van der Waals surface area contributed by atoms with Crippen LogP contribution in [0.15, 0.2) is 18.2 Å². The normalized spacial score (nSPS) is 12.4. The van der Waals surface area contributed by atoms with E-state index in [1.165, 1.54) is 6.07 Å². The van der Waals surface area contributed by atoms with Gasteiger partial charge in [0, 0.05) is 24.7 Å². The zero-order valence-corrected chi connectivity index (χ0v) is 9.59. The molecule has 6 heteroatoms. The maximum Gasteiger partial charge on any atom is 0.272 e. The predicted octanol–water partition coefficient (Wildman–Crippen LogP) is 0.346. The number of aryl methyl sites for hydroxylation is 1. The highest BCUT2D eigenvalue weighted by Gasteiger charge is 2.10. The molecule has 1 aromatic carbocycles. The minimum absolute atomic E-state index is 0.0898. The summed E-state index contributed by atoms with van der Waals surface area (Å²) in [6.45, 7) is 2.04. The second-order valence-electron chi connectivity index (χ2n) is 3.85. The maximum absolute atomic E-state index is 10.7. The Labute approximate surface area is 99.0 Å². The Hall–Kier alpha value is -1.50. The topological polar surface area (TPSA) is 95.6 Å². The van der Waals surface area contributed by atoms with Gasteiger partial charge in [-0.3, -0.25) is 10.1 Å². The van der Waals surface area contributed by atoms with Crippen LogP contribution in [0.2, 0.25) is 0 Å². The molecule has 1 rings (SSSR count). The van der Waals surface area contributed by atoms with Crippen molar-refractivity contribution >= 4 is 5.69 Å². The summed E-state index contributed by atoms with van der Waals surface area (Å²) in [6, 6.07) is 4.99. The fourth-order valence-corrected chi connectivity index (χ4v) is 1.41. The number of nitrogens with zero attached hydrogens (tertiary/aromatic N) is 1. The van der Waals surface area contributed by atoms with E-state index >= 15 is 0 Å². The third-order valence-electron chi connectivity index (χ3n) is 2.39. The molecule has 6 nitrogen and oxygen atoms in total. The maximum atomic E-state index is 10.7. The average Bonchev–Trinajstić information content (AvgIpc) is 2.30. The summed E-state index contributed by atoms with van der Waals surface area (Å²) in [5.41, 5.74) is 1.48. The highest BCUT2D eigenvalue weighted by molar-refractivity contribution is 5.42. The Bertz CT molecular complexity index is 395. The third kappa shape index (κ3) is 4.10. The molecule has 0 spiro atoms. The lowest BCUT2D eigenvalue weighted by atomic mass is 10.1. The number of hydrogen-bond acceptors (Lipinski definition) is 5. The van der Waals surface area contributed by atoms with E-state index in [-0.39, 0.29) is 18.8 Å². The van der Waals surface area contributed by atoms with Crippen molar-refractivity contribution in [1.82, 2.24) is 5.32 Å². The molecule has 17 heavy (non-hydrogen) atoms. The monoisotopic (exact) mass is 240 g/mol. The largest absolute Gasteiger partial charge is 0.394 e. The summed E-state index contributed by atoms with van der Waals surface area (Å²) in [4.78, 5) is 10.3. The van der Waals surface area contributed by atoms with Crippen LogP contribution in [-0.2, 0) is 6.54 Å². The molecule has 0 bridgehead atoms. The van der Waals surface area contributed by atoms with Crippen molar-refractivity contribution < 1.29 is 15.1 Å². The molecule has 0 saturated heterocycles. The van der Waals surface area contributed by atoms with Crippen molar-refractivity contribution in [3.8, 4) is 0 Å². The number of aliphatic hydroxyl groups is 2. The number of hydrogen-bond donors (Lipinski definition) is 3. The second kappa shape index (κ2) is 6.29. The van der Waals surface area contributed by atoms with Crippen LogP contribution in [-0.4, -0.2) is 34.4 Å². The lowest BCUT2D eigenvalue weighted by Gasteiger charge is -2.09. The first kappa shape index (κ1) is 13.6. The van der Waals surface area contributed by atoms with Crippen LogP contribution < -0.4 is 5.32 Å². The molecule has 1 atom stereocenters. The SMILES string of the molecule is Cc1ccc(CNC[C@@H](O)CO)cc1[N+](=O)[O-]. The van der Waals surface area contributed by atoms with Gasteiger partial charge in [-0.05, 0) is 12.5 Å². The van der Waals surface area contributed by atoms with E-state index in [9.17, 15) is 10.1 Å². The molecule has 0 unspecified atom stereocenters. The smallest absolute Gasteiger partial charge is 0.272 e. The van der Waals surface area contributed by atoms with Crippen LogP contribution >= 0.6 is 0 Å². The van der Waals surface area contributed by atoms with Gasteiger partial charge in [-0.15, -0.1) is 0 Å². The van der Waals surface area contributed by atoms with Crippen LogP contribution in [0, 0.1) is 17.0 Å². The minimum atomic E-state index is -0.810. The number of rotatable bonds is 6. The van der Waals surface area contributed by atoms with Gasteiger partial charge in [0.2, 0.25) is 0 Å². The van der Waals surface area contributed by atoms with E-state index in [2.05, 4.69) is 5.32 Å². The molecule has 0 aliphatic carbocycles. The summed E-state index contributed by atoms with van der Waals surface area (Å²) in [6.07, 6.45) is -0.810. The van der Waals surface area contributed by atoms with Gasteiger partial charge in [-0.1, -0.05) is 12.1 Å². The number of aliphatic hydroxyl groups excluding tert-OH is 2. The summed E-state index contributed by atoms with van der Waals surface area (Å²) in [5, 5.41) is 31.3. The van der Waals surface area contributed by atoms with Gasteiger partial charge in [0.1, 0.15) is 0 Å². The Morgan fingerprint density at radius 2 is 2.24 bits per heavy atom. The zero-order valence-electron chi connectivity index (χ0n) is 9.59. The third-order valence-corrected chi connectivity index (χ3v) is 2.39. The summed E-state index contributed by atoms with van der Waals surface area (Å²) < 4.78 is 0. The van der Waals surface area contributed by atoms with Crippen molar-refractivity contribution in [3.05, 3.63) is 39.4 Å². The number of nitro benzene ring substituents is 1. The van der Waals surface area contributed by atoms with Crippen LogP contribution in [0.1, 0.15) is 11.1 Å².